The lowest BCUT2D eigenvalue weighted by atomic mass is 10.1. The summed E-state index contributed by atoms with van der Waals surface area (Å²) >= 11 is 0. The Morgan fingerprint density at radius 3 is 1.89 bits per heavy atom. The smallest absolute Gasteiger partial charge is 0.416 e. The topological polar surface area (TPSA) is 9.23 Å². The van der Waals surface area contributed by atoms with Crippen LogP contribution in [0.4, 0.5) is 13.2 Å². The highest BCUT2D eigenvalue weighted by Gasteiger charge is 2.32. The van der Waals surface area contributed by atoms with Crippen molar-refractivity contribution >= 4 is 8.32 Å². The van der Waals surface area contributed by atoms with Crippen LogP contribution in [-0.4, -0.2) is 15.4 Å². The van der Waals surface area contributed by atoms with Gasteiger partial charge in [-0.2, -0.15) is 13.2 Å². The molecule has 5 heteroatoms. The van der Waals surface area contributed by atoms with Gasteiger partial charge in [-0.1, -0.05) is 26.0 Å². The first-order valence-electron chi connectivity index (χ1n) is 6.08. The number of benzene rings is 1. The molecule has 0 N–H and O–H groups in total. The fourth-order valence-corrected chi connectivity index (χ4v) is 4.75. The van der Waals surface area contributed by atoms with E-state index >= 15 is 0 Å². The quantitative estimate of drug-likeness (QED) is 0.723. The minimum Gasteiger partial charge on any atom is -0.420 e. The second kappa shape index (κ2) is 5.89. The standard InChI is InChI=1S/C13H19F3OSi/c1-4-18(5-2,17-3)10-11-6-8-12(9-7-11)13(14,15)16/h6-9H,4-5,10H2,1-3H3. The summed E-state index contributed by atoms with van der Waals surface area (Å²) < 4.78 is 43.0. The zero-order valence-corrected chi connectivity index (χ0v) is 12.0. The van der Waals surface area contributed by atoms with Crippen molar-refractivity contribution in [2.75, 3.05) is 7.11 Å². The van der Waals surface area contributed by atoms with Gasteiger partial charge in [0.15, 0.2) is 8.32 Å². The Bertz CT molecular complexity index is 361. The summed E-state index contributed by atoms with van der Waals surface area (Å²) in [6.07, 6.45) is -4.26. The van der Waals surface area contributed by atoms with E-state index in [0.29, 0.717) is 0 Å². The maximum Gasteiger partial charge on any atom is 0.416 e. The molecule has 0 aliphatic heterocycles. The normalized spacial score (nSPS) is 12.8. The molecule has 0 unspecified atom stereocenters. The van der Waals surface area contributed by atoms with Crippen molar-refractivity contribution in [2.45, 2.75) is 38.2 Å². The molecule has 0 atom stereocenters. The Morgan fingerprint density at radius 1 is 1.06 bits per heavy atom. The van der Waals surface area contributed by atoms with Crippen molar-refractivity contribution in [1.29, 1.82) is 0 Å². The van der Waals surface area contributed by atoms with Gasteiger partial charge < -0.3 is 4.43 Å². The second-order valence-corrected chi connectivity index (χ2v) is 9.01. The highest BCUT2D eigenvalue weighted by Crippen LogP contribution is 2.30. The molecule has 1 rings (SSSR count). The molecule has 1 aromatic rings. The van der Waals surface area contributed by atoms with Crippen LogP contribution in [-0.2, 0) is 16.6 Å². The summed E-state index contributed by atoms with van der Waals surface area (Å²) in [5, 5.41) is 0. The highest BCUT2D eigenvalue weighted by molar-refractivity contribution is 6.73. The Hall–Kier alpha value is -0.813. The first-order chi connectivity index (χ1) is 8.37. The molecule has 1 aromatic carbocycles. The van der Waals surface area contributed by atoms with E-state index in [1.54, 1.807) is 19.2 Å². The molecule has 0 radical (unpaired) electrons. The molecule has 0 heterocycles. The van der Waals surface area contributed by atoms with Crippen molar-refractivity contribution in [3.63, 3.8) is 0 Å². The Labute approximate surface area is 107 Å². The third-order valence-corrected chi connectivity index (χ3v) is 8.03. The van der Waals surface area contributed by atoms with Gasteiger partial charge in [0, 0.05) is 7.11 Å². The van der Waals surface area contributed by atoms with Crippen molar-refractivity contribution in [1.82, 2.24) is 0 Å². The fourth-order valence-electron chi connectivity index (χ4n) is 2.04. The van der Waals surface area contributed by atoms with Crippen LogP contribution in [0.5, 0.6) is 0 Å². The summed E-state index contributed by atoms with van der Waals surface area (Å²) in [5.74, 6) is 0. The van der Waals surface area contributed by atoms with Gasteiger partial charge in [0.2, 0.25) is 0 Å². The summed E-state index contributed by atoms with van der Waals surface area (Å²) in [6, 6.07) is 8.14. The molecule has 0 aromatic heterocycles. The Balaban J connectivity index is 2.86. The number of alkyl halides is 3. The van der Waals surface area contributed by atoms with Crippen LogP contribution in [0.2, 0.25) is 12.1 Å². The summed E-state index contributed by atoms with van der Waals surface area (Å²) in [7, 11) is -0.0911. The van der Waals surface area contributed by atoms with Crippen LogP contribution in [0.1, 0.15) is 25.0 Å². The summed E-state index contributed by atoms with van der Waals surface area (Å²) in [4.78, 5) is 0. The molecular weight excluding hydrogens is 257 g/mol. The van der Waals surface area contributed by atoms with E-state index in [2.05, 4.69) is 13.8 Å². The lowest BCUT2D eigenvalue weighted by Gasteiger charge is -2.27. The number of halogens is 3. The number of hydrogen-bond donors (Lipinski definition) is 0. The van der Waals surface area contributed by atoms with Crippen LogP contribution >= 0.6 is 0 Å². The molecule has 18 heavy (non-hydrogen) atoms. The minimum absolute atomic E-state index is 0.594. The molecule has 0 bridgehead atoms. The number of rotatable bonds is 5. The lowest BCUT2D eigenvalue weighted by Crippen LogP contribution is -2.38. The van der Waals surface area contributed by atoms with Gasteiger partial charge in [0.1, 0.15) is 0 Å². The fraction of sp³-hybridized carbons (Fsp3) is 0.538. The van der Waals surface area contributed by atoms with E-state index in [4.69, 9.17) is 4.43 Å². The van der Waals surface area contributed by atoms with E-state index < -0.39 is 20.1 Å². The molecule has 0 saturated heterocycles. The molecule has 0 aliphatic carbocycles. The predicted molar refractivity (Wildman–Crippen MR) is 68.9 cm³/mol. The van der Waals surface area contributed by atoms with Gasteiger partial charge in [-0.05, 0) is 35.8 Å². The zero-order valence-electron chi connectivity index (χ0n) is 11.0. The van der Waals surface area contributed by atoms with Crippen LogP contribution in [0.25, 0.3) is 0 Å². The summed E-state index contributed by atoms with van der Waals surface area (Å²) in [5.41, 5.74) is 0.337. The lowest BCUT2D eigenvalue weighted by molar-refractivity contribution is -0.137. The molecule has 0 aliphatic rings. The maximum absolute atomic E-state index is 12.4. The van der Waals surface area contributed by atoms with Gasteiger partial charge in [0.25, 0.3) is 0 Å². The molecule has 0 saturated carbocycles. The van der Waals surface area contributed by atoms with Crippen molar-refractivity contribution < 1.29 is 17.6 Å². The molecule has 1 nitrogen and oxygen atoms in total. The third kappa shape index (κ3) is 3.59. The van der Waals surface area contributed by atoms with Crippen LogP contribution in [0.3, 0.4) is 0 Å². The van der Waals surface area contributed by atoms with Crippen LogP contribution in [0, 0.1) is 0 Å². The largest absolute Gasteiger partial charge is 0.420 e. The van der Waals surface area contributed by atoms with Gasteiger partial charge in [0.05, 0.1) is 5.56 Å². The average Bonchev–Trinajstić information content (AvgIpc) is 2.36. The first kappa shape index (κ1) is 15.2. The van der Waals surface area contributed by atoms with E-state index in [1.807, 2.05) is 0 Å². The second-order valence-electron chi connectivity index (χ2n) is 4.47. The van der Waals surface area contributed by atoms with Gasteiger partial charge in [-0.15, -0.1) is 0 Å². The number of hydrogen-bond acceptors (Lipinski definition) is 1. The average molecular weight is 276 g/mol. The van der Waals surface area contributed by atoms with E-state index in [0.717, 1.165) is 35.8 Å². The van der Waals surface area contributed by atoms with Crippen LogP contribution in [0.15, 0.2) is 24.3 Å². The van der Waals surface area contributed by atoms with E-state index in [9.17, 15) is 13.2 Å². The molecule has 0 spiro atoms. The first-order valence-corrected chi connectivity index (χ1v) is 8.61. The SMILES string of the molecule is CC[Si](CC)(Cc1ccc(C(F)(F)F)cc1)OC. The van der Waals surface area contributed by atoms with Crippen molar-refractivity contribution in [2.24, 2.45) is 0 Å². The molecule has 102 valence electrons. The van der Waals surface area contributed by atoms with Crippen molar-refractivity contribution in [3.05, 3.63) is 35.4 Å². The van der Waals surface area contributed by atoms with Crippen LogP contribution < -0.4 is 0 Å². The van der Waals surface area contributed by atoms with Gasteiger partial charge >= 0.3 is 6.18 Å². The zero-order chi connectivity index (χ0) is 13.8. The van der Waals surface area contributed by atoms with E-state index in [-0.39, 0.29) is 0 Å². The molecule has 0 amide bonds. The minimum atomic E-state index is -4.26. The highest BCUT2D eigenvalue weighted by atomic mass is 28.4. The third-order valence-electron chi connectivity index (χ3n) is 3.53. The van der Waals surface area contributed by atoms with Gasteiger partial charge in [-0.3, -0.25) is 0 Å². The molecular formula is C13H19F3OSi. The Morgan fingerprint density at radius 2 is 1.56 bits per heavy atom. The van der Waals surface area contributed by atoms with E-state index in [1.165, 1.54) is 0 Å². The molecule has 0 fully saturated rings. The monoisotopic (exact) mass is 276 g/mol. The predicted octanol–water partition coefficient (Wildman–Crippen LogP) is 4.42. The maximum atomic E-state index is 12.4. The van der Waals surface area contributed by atoms with Crippen molar-refractivity contribution in [3.8, 4) is 0 Å². The summed E-state index contributed by atoms with van der Waals surface area (Å²) in [6.45, 7) is 4.17. The van der Waals surface area contributed by atoms with Gasteiger partial charge in [-0.25, -0.2) is 0 Å². The Kier molecular flexibility index (Phi) is 4.98.